The van der Waals surface area contributed by atoms with Gasteiger partial charge in [0.2, 0.25) is 0 Å². The molecule has 2 heterocycles. The van der Waals surface area contributed by atoms with Gasteiger partial charge in [-0.05, 0) is 61.5 Å². The largest absolute Gasteiger partial charge is 0.369 e. The highest BCUT2D eigenvalue weighted by atomic mass is 79.9. The first-order valence-electron chi connectivity index (χ1n) is 5.85. The molecular weight excluding hydrogens is 425 g/mol. The molecule has 1 aliphatic heterocycles. The Morgan fingerprint density at radius 1 is 1.30 bits per heavy atom. The van der Waals surface area contributed by atoms with E-state index in [1.54, 1.807) is 11.3 Å². The first kappa shape index (κ1) is 14.4. The van der Waals surface area contributed by atoms with Crippen molar-refractivity contribution in [3.8, 4) is 0 Å². The highest BCUT2D eigenvalue weighted by molar-refractivity contribution is 9.10. The summed E-state index contributed by atoms with van der Waals surface area (Å²) in [7, 11) is 0. The third kappa shape index (κ3) is 2.50. The summed E-state index contributed by atoms with van der Waals surface area (Å²) in [4.78, 5) is 7.64. The minimum Gasteiger partial charge on any atom is -0.369 e. The minimum atomic E-state index is 0.123. The van der Waals surface area contributed by atoms with Crippen molar-refractivity contribution in [2.75, 3.05) is 11.4 Å². The summed E-state index contributed by atoms with van der Waals surface area (Å²) in [6.07, 6.45) is 0. The van der Waals surface area contributed by atoms with Gasteiger partial charge in [0.25, 0.3) is 0 Å². The molecule has 0 saturated carbocycles. The first-order chi connectivity index (χ1) is 9.58. The molecule has 1 aliphatic rings. The summed E-state index contributed by atoms with van der Waals surface area (Å²) in [6, 6.07) is 7.94. The Hall–Kier alpha value is -0.560. The van der Waals surface area contributed by atoms with Gasteiger partial charge in [0.15, 0.2) is 5.96 Å². The summed E-state index contributed by atoms with van der Waals surface area (Å²) in [5.41, 5.74) is 7.04. The van der Waals surface area contributed by atoms with Crippen LogP contribution in [0, 0.1) is 0 Å². The number of nitrogens with zero attached hydrogens (tertiary/aromatic N) is 2. The topological polar surface area (TPSA) is 41.6 Å². The zero-order chi connectivity index (χ0) is 14.3. The van der Waals surface area contributed by atoms with Crippen LogP contribution in [0.25, 0.3) is 0 Å². The maximum atomic E-state index is 6.06. The lowest BCUT2D eigenvalue weighted by atomic mass is 10.2. The predicted molar refractivity (Wildman–Crippen MR) is 92.9 cm³/mol. The number of nitrogens with two attached hydrogens (primary N) is 1. The van der Waals surface area contributed by atoms with E-state index in [0.29, 0.717) is 17.5 Å². The highest BCUT2D eigenvalue weighted by Gasteiger charge is 2.31. The molecule has 0 fully saturated rings. The molecule has 0 spiro atoms. The second-order valence-corrected chi connectivity index (χ2v) is 7.38. The zero-order valence-corrected chi connectivity index (χ0v) is 14.9. The molecule has 0 aliphatic carbocycles. The number of halogens is 3. The van der Waals surface area contributed by atoms with E-state index in [0.717, 1.165) is 14.6 Å². The van der Waals surface area contributed by atoms with Gasteiger partial charge in [-0.25, -0.2) is 0 Å². The van der Waals surface area contributed by atoms with E-state index in [1.807, 2.05) is 29.2 Å². The van der Waals surface area contributed by atoms with Gasteiger partial charge in [0.05, 0.1) is 17.6 Å². The van der Waals surface area contributed by atoms with Crippen molar-refractivity contribution < 1.29 is 0 Å². The van der Waals surface area contributed by atoms with E-state index in [-0.39, 0.29) is 6.04 Å². The number of hydrogen-bond acceptors (Lipinski definition) is 4. The Morgan fingerprint density at radius 2 is 2.10 bits per heavy atom. The Labute approximate surface area is 142 Å². The van der Waals surface area contributed by atoms with Crippen LogP contribution in [-0.4, -0.2) is 12.5 Å². The Kier molecular flexibility index (Phi) is 4.08. The second-order valence-electron chi connectivity index (χ2n) is 4.32. The van der Waals surface area contributed by atoms with Crippen molar-refractivity contribution in [1.82, 2.24) is 0 Å². The average molecular weight is 436 g/mol. The van der Waals surface area contributed by atoms with Crippen molar-refractivity contribution in [3.05, 3.63) is 48.5 Å². The fraction of sp³-hybridized carbons (Fsp3) is 0.154. The number of guanidine groups is 1. The predicted octanol–water partition coefficient (Wildman–Crippen LogP) is 4.80. The van der Waals surface area contributed by atoms with Crippen LogP contribution in [0.4, 0.5) is 5.69 Å². The molecule has 1 aromatic carbocycles. The van der Waals surface area contributed by atoms with Crippen LogP contribution < -0.4 is 10.6 Å². The summed E-state index contributed by atoms with van der Waals surface area (Å²) in [6.45, 7) is 0.658. The molecule has 104 valence electrons. The van der Waals surface area contributed by atoms with Crippen LogP contribution in [0.3, 0.4) is 0 Å². The van der Waals surface area contributed by atoms with Crippen LogP contribution in [0.1, 0.15) is 10.9 Å². The summed E-state index contributed by atoms with van der Waals surface area (Å²) in [5, 5.41) is 2.74. The molecule has 1 unspecified atom stereocenters. The summed E-state index contributed by atoms with van der Waals surface area (Å²) in [5.74, 6) is 0.532. The lowest BCUT2D eigenvalue weighted by Gasteiger charge is -2.26. The van der Waals surface area contributed by atoms with Crippen LogP contribution in [0.2, 0.25) is 5.02 Å². The third-order valence-electron chi connectivity index (χ3n) is 3.11. The highest BCUT2D eigenvalue weighted by Crippen LogP contribution is 2.39. The SMILES string of the molecule is NC1=NCC(c2sccc2Br)N1c1ccc(Cl)c(Br)c1. The van der Waals surface area contributed by atoms with Gasteiger partial charge in [-0.15, -0.1) is 11.3 Å². The van der Waals surface area contributed by atoms with Gasteiger partial charge in [-0.1, -0.05) is 11.6 Å². The van der Waals surface area contributed by atoms with E-state index in [9.17, 15) is 0 Å². The molecule has 1 aromatic heterocycles. The summed E-state index contributed by atoms with van der Waals surface area (Å²) >= 11 is 14.8. The van der Waals surface area contributed by atoms with E-state index < -0.39 is 0 Å². The monoisotopic (exact) mass is 433 g/mol. The average Bonchev–Trinajstić information content (AvgIpc) is 2.99. The lowest BCUT2D eigenvalue weighted by Crippen LogP contribution is -2.35. The molecular formula is C13H10Br2ClN3S. The second kappa shape index (κ2) is 5.67. The quantitative estimate of drug-likeness (QED) is 0.736. The number of rotatable bonds is 2. The molecule has 0 amide bonds. The molecule has 0 bridgehead atoms. The first-order valence-corrected chi connectivity index (χ1v) is 8.69. The molecule has 2 aromatic rings. The molecule has 0 saturated heterocycles. The van der Waals surface area contributed by atoms with Crippen molar-refractivity contribution in [1.29, 1.82) is 0 Å². The van der Waals surface area contributed by atoms with Crippen molar-refractivity contribution in [2.45, 2.75) is 6.04 Å². The van der Waals surface area contributed by atoms with E-state index in [2.05, 4.69) is 42.2 Å². The van der Waals surface area contributed by atoms with E-state index >= 15 is 0 Å². The maximum absolute atomic E-state index is 6.06. The van der Waals surface area contributed by atoms with Crippen LogP contribution in [0.15, 0.2) is 43.6 Å². The fourth-order valence-corrected chi connectivity index (χ4v) is 4.39. The van der Waals surface area contributed by atoms with Crippen LogP contribution in [0.5, 0.6) is 0 Å². The molecule has 1 atom stereocenters. The van der Waals surface area contributed by atoms with Crippen molar-refractivity contribution in [2.24, 2.45) is 10.7 Å². The lowest BCUT2D eigenvalue weighted by molar-refractivity contribution is 0.781. The standard InChI is InChI=1S/C13H10Br2ClN3S/c14-8-3-4-20-12(8)11-6-18-13(17)19(11)7-1-2-10(16)9(15)5-7/h1-5,11H,6H2,(H2,17,18). The zero-order valence-electron chi connectivity index (χ0n) is 10.2. The number of thiophene rings is 1. The van der Waals surface area contributed by atoms with Gasteiger partial charge in [-0.3, -0.25) is 4.99 Å². The van der Waals surface area contributed by atoms with Crippen molar-refractivity contribution >= 4 is 66.4 Å². The number of aliphatic imine (C=N–C) groups is 1. The van der Waals surface area contributed by atoms with E-state index in [1.165, 1.54) is 4.88 Å². The maximum Gasteiger partial charge on any atom is 0.196 e. The number of anilines is 1. The molecule has 0 radical (unpaired) electrons. The molecule has 3 rings (SSSR count). The van der Waals surface area contributed by atoms with Crippen LogP contribution in [-0.2, 0) is 0 Å². The van der Waals surface area contributed by atoms with Gasteiger partial charge >= 0.3 is 0 Å². The van der Waals surface area contributed by atoms with Gasteiger partial charge in [0.1, 0.15) is 0 Å². The molecule has 2 N–H and O–H groups in total. The normalized spacial score (nSPS) is 18.4. The fourth-order valence-electron chi connectivity index (χ4n) is 2.19. The van der Waals surface area contributed by atoms with Crippen LogP contribution >= 0.6 is 54.8 Å². The van der Waals surface area contributed by atoms with Gasteiger partial charge in [-0.2, -0.15) is 0 Å². The molecule has 7 heteroatoms. The van der Waals surface area contributed by atoms with E-state index in [4.69, 9.17) is 17.3 Å². The van der Waals surface area contributed by atoms with Gasteiger partial charge < -0.3 is 10.6 Å². The number of hydrogen-bond donors (Lipinski definition) is 1. The van der Waals surface area contributed by atoms with Gasteiger partial charge in [0, 0.05) is 19.5 Å². The minimum absolute atomic E-state index is 0.123. The Bertz CT molecular complexity index is 686. The Morgan fingerprint density at radius 3 is 2.75 bits per heavy atom. The summed E-state index contributed by atoms with van der Waals surface area (Å²) < 4.78 is 1.94. The number of benzene rings is 1. The third-order valence-corrected chi connectivity index (χ3v) is 6.30. The Balaban J connectivity index is 2.02. The molecule has 20 heavy (non-hydrogen) atoms. The molecule has 3 nitrogen and oxygen atoms in total. The smallest absolute Gasteiger partial charge is 0.196 e. The van der Waals surface area contributed by atoms with Crippen molar-refractivity contribution in [3.63, 3.8) is 0 Å².